The maximum Gasteiger partial charge on any atom is 0.323 e. The lowest BCUT2D eigenvalue weighted by molar-refractivity contribution is 0.292. The highest BCUT2D eigenvalue weighted by atomic mass is 16.5. The summed E-state index contributed by atoms with van der Waals surface area (Å²) < 4.78 is 5.57. The van der Waals surface area contributed by atoms with Gasteiger partial charge in [0.05, 0.1) is 6.61 Å². The van der Waals surface area contributed by atoms with Gasteiger partial charge in [-0.15, -0.1) is 0 Å². The summed E-state index contributed by atoms with van der Waals surface area (Å²) in [5.41, 5.74) is 0. The molecule has 0 amide bonds. The van der Waals surface area contributed by atoms with Gasteiger partial charge in [0.15, 0.2) is 0 Å². The van der Waals surface area contributed by atoms with E-state index in [2.05, 4.69) is 45.9 Å². The largest absolute Gasteiger partial charge is 0.463 e. The first-order chi connectivity index (χ1) is 9.72. The molecule has 2 heterocycles. The van der Waals surface area contributed by atoms with Gasteiger partial charge in [-0.1, -0.05) is 20.8 Å². The average molecular weight is 279 g/mol. The molecule has 1 saturated heterocycles. The van der Waals surface area contributed by atoms with E-state index < -0.39 is 0 Å². The number of hydrogen-bond acceptors (Lipinski definition) is 6. The van der Waals surface area contributed by atoms with Crippen molar-refractivity contribution in [3.8, 4) is 6.01 Å². The smallest absolute Gasteiger partial charge is 0.323 e. The molecule has 0 bridgehead atoms. The Morgan fingerprint density at radius 3 is 2.75 bits per heavy atom. The Morgan fingerprint density at radius 2 is 2.10 bits per heavy atom. The second-order valence-electron chi connectivity index (χ2n) is 5.36. The van der Waals surface area contributed by atoms with E-state index in [4.69, 9.17) is 4.74 Å². The van der Waals surface area contributed by atoms with Crippen molar-refractivity contribution < 1.29 is 4.74 Å². The van der Waals surface area contributed by atoms with Crippen LogP contribution in [0.3, 0.4) is 0 Å². The molecule has 112 valence electrons. The topological polar surface area (TPSA) is 63.2 Å². The molecule has 6 nitrogen and oxygen atoms in total. The lowest BCUT2D eigenvalue weighted by atomic mass is 10.2. The molecular formula is C14H25N5O. The van der Waals surface area contributed by atoms with Gasteiger partial charge < -0.3 is 15.0 Å². The van der Waals surface area contributed by atoms with Gasteiger partial charge in [0, 0.05) is 19.6 Å². The van der Waals surface area contributed by atoms with Crippen LogP contribution in [-0.2, 0) is 0 Å². The Kier molecular flexibility index (Phi) is 5.38. The van der Waals surface area contributed by atoms with Crippen molar-refractivity contribution in [2.45, 2.75) is 40.0 Å². The van der Waals surface area contributed by atoms with Crippen LogP contribution >= 0.6 is 0 Å². The zero-order valence-electron chi connectivity index (χ0n) is 12.7. The van der Waals surface area contributed by atoms with E-state index in [1.54, 1.807) is 0 Å². The van der Waals surface area contributed by atoms with Crippen LogP contribution in [0.2, 0.25) is 0 Å². The summed E-state index contributed by atoms with van der Waals surface area (Å²) in [6.07, 6.45) is 3.17. The van der Waals surface area contributed by atoms with Gasteiger partial charge in [-0.05, 0) is 25.2 Å². The van der Waals surface area contributed by atoms with Crippen molar-refractivity contribution in [2.24, 2.45) is 5.92 Å². The van der Waals surface area contributed by atoms with E-state index in [-0.39, 0.29) is 0 Å². The molecule has 20 heavy (non-hydrogen) atoms. The van der Waals surface area contributed by atoms with Crippen LogP contribution in [0.15, 0.2) is 0 Å². The summed E-state index contributed by atoms with van der Waals surface area (Å²) in [7, 11) is 0. The number of rotatable bonds is 7. The van der Waals surface area contributed by atoms with Crippen LogP contribution in [0, 0.1) is 5.92 Å². The monoisotopic (exact) mass is 279 g/mol. The number of nitrogens with one attached hydrogen (secondary N) is 1. The lowest BCUT2D eigenvalue weighted by Crippen LogP contribution is -2.23. The van der Waals surface area contributed by atoms with Gasteiger partial charge in [-0.2, -0.15) is 15.0 Å². The molecule has 1 aliphatic rings. The number of aromatic nitrogens is 3. The van der Waals surface area contributed by atoms with Crippen LogP contribution in [0.1, 0.15) is 40.0 Å². The fourth-order valence-corrected chi connectivity index (χ4v) is 2.18. The van der Waals surface area contributed by atoms with E-state index in [1.165, 1.54) is 6.42 Å². The van der Waals surface area contributed by atoms with Crippen molar-refractivity contribution in [1.82, 2.24) is 15.0 Å². The average Bonchev–Trinajstić information content (AvgIpc) is 2.89. The predicted molar refractivity (Wildman–Crippen MR) is 80.4 cm³/mol. The summed E-state index contributed by atoms with van der Waals surface area (Å²) in [5.74, 6) is 2.04. The Labute approximate surface area is 121 Å². The normalized spacial score (nSPS) is 18.4. The van der Waals surface area contributed by atoms with E-state index in [0.717, 1.165) is 38.4 Å². The molecule has 1 atom stereocenters. The highest BCUT2D eigenvalue weighted by molar-refractivity contribution is 5.39. The maximum atomic E-state index is 5.57. The zero-order valence-corrected chi connectivity index (χ0v) is 12.7. The Morgan fingerprint density at radius 1 is 1.25 bits per heavy atom. The van der Waals surface area contributed by atoms with Gasteiger partial charge in [-0.25, -0.2) is 0 Å². The minimum Gasteiger partial charge on any atom is -0.463 e. The third kappa shape index (κ3) is 3.95. The van der Waals surface area contributed by atoms with Gasteiger partial charge in [0.25, 0.3) is 0 Å². The number of anilines is 2. The third-order valence-electron chi connectivity index (χ3n) is 3.28. The van der Waals surface area contributed by atoms with Gasteiger partial charge in [0.1, 0.15) is 0 Å². The first kappa shape index (κ1) is 14.8. The zero-order chi connectivity index (χ0) is 14.4. The van der Waals surface area contributed by atoms with E-state index in [9.17, 15) is 0 Å². The van der Waals surface area contributed by atoms with Gasteiger partial charge in [-0.3, -0.25) is 0 Å². The highest BCUT2D eigenvalue weighted by Crippen LogP contribution is 2.22. The lowest BCUT2D eigenvalue weighted by Gasteiger charge is -2.17. The van der Waals surface area contributed by atoms with Gasteiger partial charge >= 0.3 is 6.01 Å². The minimum atomic E-state index is 0.426. The third-order valence-corrected chi connectivity index (χ3v) is 3.28. The standard InChI is InChI=1S/C14H25N5O/c1-4-7-15-12-16-13(19-8-6-11(3)10-19)18-14(17-12)20-9-5-2/h11H,4-10H2,1-3H3,(H,15,16,17,18). The molecule has 1 aromatic heterocycles. The molecule has 0 aromatic carbocycles. The molecule has 1 unspecified atom stereocenters. The SMILES string of the molecule is CCCNc1nc(OCCC)nc(N2CCC(C)C2)n1. The quantitative estimate of drug-likeness (QED) is 0.826. The fourth-order valence-electron chi connectivity index (χ4n) is 2.18. The Balaban J connectivity index is 2.15. The summed E-state index contributed by atoms with van der Waals surface area (Å²) in [6, 6.07) is 0.426. The fraction of sp³-hybridized carbons (Fsp3) is 0.786. The molecule has 1 fully saturated rings. The highest BCUT2D eigenvalue weighted by Gasteiger charge is 2.22. The molecular weight excluding hydrogens is 254 g/mol. The van der Waals surface area contributed by atoms with Crippen LogP contribution < -0.4 is 15.0 Å². The molecule has 2 rings (SSSR count). The molecule has 1 aliphatic heterocycles. The van der Waals surface area contributed by atoms with Crippen LogP contribution in [0.4, 0.5) is 11.9 Å². The summed E-state index contributed by atoms with van der Waals surface area (Å²) >= 11 is 0. The second-order valence-corrected chi connectivity index (χ2v) is 5.36. The number of hydrogen-bond donors (Lipinski definition) is 1. The van der Waals surface area contributed by atoms with Crippen molar-refractivity contribution in [3.63, 3.8) is 0 Å². The Hall–Kier alpha value is -1.59. The molecule has 1 aromatic rings. The summed E-state index contributed by atoms with van der Waals surface area (Å²) in [6.45, 7) is 9.94. The Bertz CT molecular complexity index is 400. The summed E-state index contributed by atoms with van der Waals surface area (Å²) in [5, 5.41) is 3.22. The van der Waals surface area contributed by atoms with Crippen molar-refractivity contribution in [3.05, 3.63) is 0 Å². The van der Waals surface area contributed by atoms with E-state index >= 15 is 0 Å². The molecule has 1 N–H and O–H groups in total. The molecule has 6 heteroatoms. The second kappa shape index (κ2) is 7.26. The molecule has 0 aliphatic carbocycles. The maximum absolute atomic E-state index is 5.57. The first-order valence-corrected chi connectivity index (χ1v) is 7.60. The van der Waals surface area contributed by atoms with Crippen molar-refractivity contribution in [1.29, 1.82) is 0 Å². The van der Waals surface area contributed by atoms with E-state index in [0.29, 0.717) is 24.5 Å². The van der Waals surface area contributed by atoms with Crippen LogP contribution in [0.25, 0.3) is 0 Å². The molecule has 0 spiro atoms. The summed E-state index contributed by atoms with van der Waals surface area (Å²) in [4.78, 5) is 15.5. The molecule has 0 radical (unpaired) electrons. The van der Waals surface area contributed by atoms with Gasteiger partial charge in [0.2, 0.25) is 11.9 Å². The predicted octanol–water partition coefficient (Wildman–Crippen LogP) is 2.33. The first-order valence-electron chi connectivity index (χ1n) is 7.60. The van der Waals surface area contributed by atoms with Crippen molar-refractivity contribution >= 4 is 11.9 Å². The van der Waals surface area contributed by atoms with Crippen molar-refractivity contribution in [2.75, 3.05) is 36.5 Å². The van der Waals surface area contributed by atoms with Crippen LogP contribution in [0.5, 0.6) is 6.01 Å². The molecule has 0 saturated carbocycles. The number of nitrogens with zero attached hydrogens (tertiary/aromatic N) is 4. The van der Waals surface area contributed by atoms with Crippen LogP contribution in [-0.4, -0.2) is 41.2 Å². The number of ether oxygens (including phenoxy) is 1. The van der Waals surface area contributed by atoms with E-state index in [1.807, 2.05) is 0 Å². The minimum absolute atomic E-state index is 0.426.